The van der Waals surface area contributed by atoms with Crippen molar-refractivity contribution in [2.75, 3.05) is 50.8 Å². The van der Waals surface area contributed by atoms with Gasteiger partial charge in [0.2, 0.25) is 0 Å². The van der Waals surface area contributed by atoms with E-state index in [1.54, 1.807) is 0 Å². The van der Waals surface area contributed by atoms with Crippen molar-refractivity contribution in [1.82, 2.24) is 9.80 Å². The quantitative estimate of drug-likeness (QED) is 0.459. The molecule has 0 aromatic heterocycles. The molecule has 2 saturated heterocycles. The monoisotopic (exact) mass is 370 g/mol. The molecule has 0 radical (unpaired) electrons. The van der Waals surface area contributed by atoms with E-state index in [0.717, 1.165) is 32.1 Å². The van der Waals surface area contributed by atoms with Gasteiger partial charge in [0.15, 0.2) is 5.96 Å². The van der Waals surface area contributed by atoms with Gasteiger partial charge in [-0.1, -0.05) is 0 Å². The molecule has 0 aromatic carbocycles. The van der Waals surface area contributed by atoms with Crippen LogP contribution in [0, 0.1) is 0 Å². The van der Waals surface area contributed by atoms with E-state index in [4.69, 9.17) is 5.73 Å². The van der Waals surface area contributed by atoms with Crippen LogP contribution in [0.1, 0.15) is 12.8 Å². The van der Waals surface area contributed by atoms with Gasteiger partial charge < -0.3 is 15.5 Å². The summed E-state index contributed by atoms with van der Waals surface area (Å²) in [7, 11) is 0. The van der Waals surface area contributed by atoms with Crippen molar-refractivity contribution in [3.8, 4) is 0 Å². The number of rotatable bonds is 3. The number of likely N-dealkylation sites (tertiary alicyclic amines) is 1. The van der Waals surface area contributed by atoms with E-state index < -0.39 is 0 Å². The lowest BCUT2D eigenvalue weighted by Gasteiger charge is -2.27. The second kappa shape index (κ2) is 8.42. The van der Waals surface area contributed by atoms with Crippen LogP contribution in [0.3, 0.4) is 0 Å². The number of nitrogens with zero attached hydrogens (tertiary/aromatic N) is 3. The Bertz CT molecular complexity index is 238. The molecule has 2 N–H and O–H groups in total. The Hall–Kier alpha value is 0.310. The molecule has 17 heavy (non-hydrogen) atoms. The van der Waals surface area contributed by atoms with E-state index in [0.29, 0.717) is 0 Å². The maximum Gasteiger partial charge on any atom is 0.191 e. The number of nitrogens with two attached hydrogens (primary N) is 1. The predicted octanol–water partition coefficient (Wildman–Crippen LogP) is 1.06. The molecule has 0 bridgehead atoms. The first kappa shape index (κ1) is 15.4. The number of hydrogen-bond donors (Lipinski definition) is 1. The minimum absolute atomic E-state index is 0. The molecule has 0 spiro atoms. The minimum atomic E-state index is 0. The van der Waals surface area contributed by atoms with E-state index in [-0.39, 0.29) is 24.0 Å². The van der Waals surface area contributed by atoms with E-state index in [2.05, 4.69) is 14.8 Å². The summed E-state index contributed by atoms with van der Waals surface area (Å²) >= 11 is 2.00. The number of aliphatic imine (C=N–C) groups is 1. The minimum Gasteiger partial charge on any atom is -0.370 e. The topological polar surface area (TPSA) is 44.9 Å². The zero-order chi connectivity index (χ0) is 11.2. The molecule has 0 aliphatic carbocycles. The lowest BCUT2D eigenvalue weighted by atomic mass is 10.4. The first-order valence-corrected chi connectivity index (χ1v) is 7.37. The van der Waals surface area contributed by atoms with Crippen molar-refractivity contribution in [3.05, 3.63) is 0 Å². The van der Waals surface area contributed by atoms with Crippen LogP contribution in [0.15, 0.2) is 4.99 Å². The zero-order valence-electron chi connectivity index (χ0n) is 10.3. The highest BCUT2D eigenvalue weighted by molar-refractivity contribution is 14.0. The van der Waals surface area contributed by atoms with Gasteiger partial charge in [-0.05, 0) is 25.9 Å². The highest BCUT2D eigenvalue weighted by Gasteiger charge is 2.13. The van der Waals surface area contributed by atoms with Crippen molar-refractivity contribution in [1.29, 1.82) is 0 Å². The van der Waals surface area contributed by atoms with Gasteiger partial charge in [0, 0.05) is 31.1 Å². The van der Waals surface area contributed by atoms with Gasteiger partial charge in [0.25, 0.3) is 0 Å². The second-order valence-corrected chi connectivity index (χ2v) is 5.61. The standard InChI is InChI=1S/C11H22N4S.HI/c12-11(15-7-9-16-10-8-15)13-3-6-14-4-1-2-5-14;/h1-10H2,(H2,12,13);1H. The van der Waals surface area contributed by atoms with Gasteiger partial charge in [-0.2, -0.15) is 11.8 Å². The van der Waals surface area contributed by atoms with Crippen LogP contribution >= 0.6 is 35.7 Å². The van der Waals surface area contributed by atoms with Crippen LogP contribution in [0.2, 0.25) is 0 Å². The van der Waals surface area contributed by atoms with E-state index in [9.17, 15) is 0 Å². The molecule has 0 unspecified atom stereocenters. The maximum atomic E-state index is 5.98. The van der Waals surface area contributed by atoms with E-state index in [1.807, 2.05) is 11.8 Å². The number of thioether (sulfide) groups is 1. The summed E-state index contributed by atoms with van der Waals surface area (Å²) in [6.45, 7) is 6.54. The zero-order valence-corrected chi connectivity index (χ0v) is 13.5. The molecular weight excluding hydrogens is 347 g/mol. The molecule has 2 rings (SSSR count). The van der Waals surface area contributed by atoms with Crippen molar-refractivity contribution >= 4 is 41.7 Å². The number of hydrogen-bond acceptors (Lipinski definition) is 3. The second-order valence-electron chi connectivity index (χ2n) is 4.39. The first-order chi connectivity index (χ1) is 7.86. The van der Waals surface area contributed by atoms with Crippen LogP contribution in [-0.4, -0.2) is 66.5 Å². The average Bonchev–Trinajstić information content (AvgIpc) is 2.83. The molecule has 6 heteroatoms. The van der Waals surface area contributed by atoms with Gasteiger partial charge in [0.05, 0.1) is 6.54 Å². The highest BCUT2D eigenvalue weighted by Crippen LogP contribution is 2.09. The summed E-state index contributed by atoms with van der Waals surface area (Å²) in [5.74, 6) is 3.12. The maximum absolute atomic E-state index is 5.98. The Morgan fingerprint density at radius 3 is 2.41 bits per heavy atom. The molecule has 2 heterocycles. The van der Waals surface area contributed by atoms with Crippen LogP contribution in [-0.2, 0) is 0 Å². The molecule has 0 saturated carbocycles. The van der Waals surface area contributed by atoms with Crippen LogP contribution in [0.4, 0.5) is 0 Å². The smallest absolute Gasteiger partial charge is 0.191 e. The van der Waals surface area contributed by atoms with Crippen molar-refractivity contribution in [3.63, 3.8) is 0 Å². The highest BCUT2D eigenvalue weighted by atomic mass is 127. The van der Waals surface area contributed by atoms with E-state index >= 15 is 0 Å². The fraction of sp³-hybridized carbons (Fsp3) is 0.909. The van der Waals surface area contributed by atoms with Crippen molar-refractivity contribution in [2.45, 2.75) is 12.8 Å². The van der Waals surface area contributed by atoms with E-state index in [1.165, 1.54) is 37.4 Å². The Labute approximate surface area is 125 Å². The lowest BCUT2D eigenvalue weighted by molar-refractivity contribution is 0.348. The van der Waals surface area contributed by atoms with Crippen molar-refractivity contribution in [2.24, 2.45) is 10.7 Å². The van der Waals surface area contributed by atoms with Crippen molar-refractivity contribution < 1.29 is 0 Å². The Balaban J connectivity index is 0.00000144. The molecule has 100 valence electrons. The normalized spacial score (nSPS) is 22.6. The Morgan fingerprint density at radius 2 is 1.76 bits per heavy atom. The van der Waals surface area contributed by atoms with Crippen LogP contribution in [0.25, 0.3) is 0 Å². The molecule has 0 amide bonds. The van der Waals surface area contributed by atoms with Gasteiger partial charge in [0.1, 0.15) is 0 Å². The van der Waals surface area contributed by atoms with Crippen LogP contribution < -0.4 is 5.73 Å². The summed E-state index contributed by atoms with van der Waals surface area (Å²) in [4.78, 5) is 9.16. The molecule has 2 aliphatic heterocycles. The third-order valence-corrected chi connectivity index (χ3v) is 4.17. The molecule has 2 fully saturated rings. The molecule has 0 atom stereocenters. The molecule has 2 aliphatic rings. The SMILES string of the molecule is I.NC(=NCCN1CCCC1)N1CCSCC1. The lowest BCUT2D eigenvalue weighted by Crippen LogP contribution is -2.43. The predicted molar refractivity (Wildman–Crippen MR) is 86.5 cm³/mol. The third-order valence-electron chi connectivity index (χ3n) is 3.22. The molecular formula is C11H23IN4S. The van der Waals surface area contributed by atoms with Gasteiger partial charge in [-0.3, -0.25) is 4.99 Å². The third kappa shape index (κ3) is 5.21. The summed E-state index contributed by atoms with van der Waals surface area (Å²) in [6.07, 6.45) is 2.70. The first-order valence-electron chi connectivity index (χ1n) is 6.21. The number of halogens is 1. The van der Waals surface area contributed by atoms with Gasteiger partial charge >= 0.3 is 0 Å². The average molecular weight is 370 g/mol. The van der Waals surface area contributed by atoms with Gasteiger partial charge in [-0.15, -0.1) is 24.0 Å². The van der Waals surface area contributed by atoms with Crippen LogP contribution in [0.5, 0.6) is 0 Å². The Kier molecular flexibility index (Phi) is 7.61. The summed E-state index contributed by atoms with van der Waals surface area (Å²) in [5.41, 5.74) is 5.98. The summed E-state index contributed by atoms with van der Waals surface area (Å²) in [5, 5.41) is 0. The van der Waals surface area contributed by atoms with Gasteiger partial charge in [-0.25, -0.2) is 0 Å². The fourth-order valence-electron chi connectivity index (χ4n) is 2.20. The molecule has 4 nitrogen and oxygen atoms in total. The summed E-state index contributed by atoms with van der Waals surface area (Å²) < 4.78 is 0. The Morgan fingerprint density at radius 1 is 1.12 bits per heavy atom. The number of guanidine groups is 1. The molecule has 0 aromatic rings. The summed E-state index contributed by atoms with van der Waals surface area (Å²) in [6, 6.07) is 0. The largest absolute Gasteiger partial charge is 0.370 e. The fourth-order valence-corrected chi connectivity index (χ4v) is 3.11.